The van der Waals surface area contributed by atoms with E-state index in [9.17, 15) is 19.5 Å². The van der Waals surface area contributed by atoms with E-state index in [1.54, 1.807) is 0 Å². The van der Waals surface area contributed by atoms with Gasteiger partial charge in [-0.25, -0.2) is 4.79 Å². The number of rotatable bonds is 64. The summed E-state index contributed by atoms with van der Waals surface area (Å²) in [6, 6.07) is 0. The van der Waals surface area contributed by atoms with Crippen LogP contribution in [0.25, 0.3) is 0 Å². The number of carbonyl (C=O) groups excluding carboxylic acids is 2. The van der Waals surface area contributed by atoms with Crippen molar-refractivity contribution in [3.63, 3.8) is 0 Å². The lowest BCUT2D eigenvalue weighted by Crippen LogP contribution is -2.40. The maximum absolute atomic E-state index is 13.0. The first-order valence-corrected chi connectivity index (χ1v) is 35.9. The lowest BCUT2D eigenvalue weighted by Gasteiger charge is -2.25. The SMILES string of the molecule is CC/C=C\C/C=C\C/C=C\C/C=C\C/C=C\C/C=C\C/C=C\C/C=C\CCCCCCCCCCCCC(=O)OC(COC(=O)CCCCCCCCCCC/C=C\C/C=C\C/C=C\C/C=C\C/C=C\C/C=C\C/C=C\CC)COC(OCC[N+](C)(C)C)C(=O)O. The maximum Gasteiger partial charge on any atom is 0.361 e. The molecule has 0 fully saturated rings. The Morgan fingerprint density at radius 1 is 0.330 bits per heavy atom. The number of unbranched alkanes of at least 4 members (excludes halogenated alkanes) is 19. The van der Waals surface area contributed by atoms with Crippen LogP contribution < -0.4 is 0 Å². The van der Waals surface area contributed by atoms with E-state index in [-0.39, 0.29) is 38.6 Å². The molecule has 0 aliphatic carbocycles. The molecule has 9 nitrogen and oxygen atoms in total. The second kappa shape index (κ2) is 70.3. The van der Waals surface area contributed by atoms with Crippen molar-refractivity contribution in [2.24, 2.45) is 0 Å². The summed E-state index contributed by atoms with van der Waals surface area (Å²) in [7, 11) is 5.96. The third-order valence-electron chi connectivity index (χ3n) is 14.7. The normalized spacial score (nSPS) is 13.8. The highest BCUT2D eigenvalue weighted by Crippen LogP contribution is 2.16. The van der Waals surface area contributed by atoms with Gasteiger partial charge in [-0.3, -0.25) is 9.59 Å². The molecule has 1 N–H and O–H groups in total. The second-order valence-corrected chi connectivity index (χ2v) is 24.4. The molecule has 2 unspecified atom stereocenters. The number of aliphatic carboxylic acids is 1. The first kappa shape index (κ1) is 85.4. The summed E-state index contributed by atoms with van der Waals surface area (Å²) in [5.41, 5.74) is 0. The monoisotopic (exact) mass is 1260 g/mol. The number of nitrogens with zero attached hydrogens (tertiary/aromatic N) is 1. The van der Waals surface area contributed by atoms with Crippen LogP contribution in [-0.4, -0.2) is 87.4 Å². The van der Waals surface area contributed by atoms with Crippen LogP contribution in [-0.2, 0) is 33.3 Å². The maximum atomic E-state index is 13.0. The molecular weight excluding hydrogens is 1130 g/mol. The van der Waals surface area contributed by atoms with Gasteiger partial charge in [0.25, 0.3) is 6.29 Å². The topological polar surface area (TPSA) is 108 Å². The van der Waals surface area contributed by atoms with Crippen molar-refractivity contribution < 1.29 is 42.9 Å². The number of hydrogen-bond donors (Lipinski definition) is 1. The molecule has 0 amide bonds. The Kier molecular flexibility index (Phi) is 65.9. The van der Waals surface area contributed by atoms with Gasteiger partial charge in [0.2, 0.25) is 0 Å². The molecule has 0 aromatic carbocycles. The van der Waals surface area contributed by atoms with Crippen molar-refractivity contribution in [1.29, 1.82) is 0 Å². The minimum absolute atomic E-state index is 0.176. The zero-order chi connectivity index (χ0) is 66.1. The molecule has 512 valence electrons. The average molecular weight is 1260 g/mol. The molecule has 0 aliphatic heterocycles. The third-order valence-corrected chi connectivity index (χ3v) is 14.7. The molecule has 2 atom stereocenters. The molecule has 0 aliphatic rings. The number of ether oxygens (including phenoxy) is 4. The molecule has 0 radical (unpaired) electrons. The fourth-order valence-corrected chi connectivity index (χ4v) is 9.25. The number of quaternary nitrogens is 1. The highest BCUT2D eigenvalue weighted by molar-refractivity contribution is 5.71. The minimum atomic E-state index is -1.53. The number of hydrogen-bond acceptors (Lipinski definition) is 7. The van der Waals surface area contributed by atoms with Crippen molar-refractivity contribution in [3.8, 4) is 0 Å². The molecule has 0 bridgehead atoms. The Balaban J connectivity index is 4.20. The van der Waals surface area contributed by atoms with E-state index in [1.165, 1.54) is 70.6 Å². The Hall–Kier alpha value is -5.61. The molecule has 9 heteroatoms. The number of carboxylic acids is 1. The molecule has 0 heterocycles. The van der Waals surface area contributed by atoms with Crippen molar-refractivity contribution in [3.05, 3.63) is 182 Å². The smallest absolute Gasteiger partial charge is 0.361 e. The summed E-state index contributed by atoms with van der Waals surface area (Å²) in [6.45, 7) is 4.62. The molecule has 0 aromatic heterocycles. The van der Waals surface area contributed by atoms with E-state index < -0.39 is 24.3 Å². The van der Waals surface area contributed by atoms with Crippen LogP contribution >= 0.6 is 0 Å². The average Bonchev–Trinajstić information content (AvgIpc) is 3.46. The summed E-state index contributed by atoms with van der Waals surface area (Å²) < 4.78 is 23.0. The van der Waals surface area contributed by atoms with Crippen molar-refractivity contribution >= 4 is 17.9 Å². The Bertz CT molecular complexity index is 2150. The zero-order valence-electron chi connectivity index (χ0n) is 58.4. The first-order chi connectivity index (χ1) is 44.6. The molecule has 0 saturated heterocycles. The van der Waals surface area contributed by atoms with Gasteiger partial charge >= 0.3 is 17.9 Å². The first-order valence-electron chi connectivity index (χ1n) is 35.9. The minimum Gasteiger partial charge on any atom is -0.477 e. The van der Waals surface area contributed by atoms with Gasteiger partial charge in [-0.15, -0.1) is 0 Å². The largest absolute Gasteiger partial charge is 0.477 e. The molecular formula is C82H132NO8+. The molecule has 0 aromatic rings. The molecule has 0 rings (SSSR count). The molecule has 0 spiro atoms. The Morgan fingerprint density at radius 2 is 0.593 bits per heavy atom. The Morgan fingerprint density at radius 3 is 0.879 bits per heavy atom. The van der Waals surface area contributed by atoms with E-state index in [1.807, 2.05) is 21.1 Å². The van der Waals surface area contributed by atoms with Gasteiger partial charge in [-0.1, -0.05) is 292 Å². The van der Waals surface area contributed by atoms with Crippen LogP contribution in [0.3, 0.4) is 0 Å². The van der Waals surface area contributed by atoms with Crippen LogP contribution in [0.5, 0.6) is 0 Å². The van der Waals surface area contributed by atoms with Gasteiger partial charge in [0.15, 0.2) is 6.10 Å². The fourth-order valence-electron chi connectivity index (χ4n) is 9.25. The number of carbonyl (C=O) groups is 3. The van der Waals surface area contributed by atoms with Crippen LogP contribution in [0.1, 0.15) is 258 Å². The summed E-state index contributed by atoms with van der Waals surface area (Å²) in [5.74, 6) is -2.03. The second-order valence-electron chi connectivity index (χ2n) is 24.4. The van der Waals surface area contributed by atoms with Crippen LogP contribution in [0, 0.1) is 0 Å². The fraction of sp³-hybridized carbons (Fsp3) is 0.598. The number of allylic oxidation sites excluding steroid dienone is 30. The van der Waals surface area contributed by atoms with Gasteiger partial charge in [0.05, 0.1) is 34.4 Å². The van der Waals surface area contributed by atoms with E-state index in [0.717, 1.165) is 154 Å². The molecule has 0 saturated carbocycles. The summed E-state index contributed by atoms with van der Waals surface area (Å²) >= 11 is 0. The van der Waals surface area contributed by atoms with Gasteiger partial charge < -0.3 is 28.5 Å². The number of carboxylic acid groups (broad SMARTS) is 1. The van der Waals surface area contributed by atoms with Crippen molar-refractivity contribution in [2.45, 2.75) is 270 Å². The lowest BCUT2D eigenvalue weighted by molar-refractivity contribution is -0.870. The van der Waals surface area contributed by atoms with Gasteiger partial charge in [0.1, 0.15) is 13.2 Å². The summed E-state index contributed by atoms with van der Waals surface area (Å²) in [6.07, 6.45) is 104. The summed E-state index contributed by atoms with van der Waals surface area (Å²) in [5, 5.41) is 9.76. The standard InChI is InChI=1S/C82H131NO8/c1-6-8-10-12-14-16-18-20-22-24-26-28-30-32-34-36-38-39-40-41-43-45-47-49-51-53-55-57-59-61-63-65-67-69-71-73-80(85)91-78(77-90-82(81(86)87)88-75-74-83(3,4)5)76-89-79(84)72-70-68-66-64-62-60-58-56-54-52-50-48-46-44-42-37-35-33-31-29-27-25-23-21-19-17-15-13-11-9-7-2/h8-11,14-17,20-23,26-29,32-35,38-39,41-44,47-50,78,82H,6-7,12-13,18-19,24-25,30-31,36-37,40,45-46,51-77H2,1-5H3/p+1/b10-8-,11-9-,16-14-,17-15-,22-20-,23-21-,28-26-,29-27-,34-32-,35-33-,39-38-,43-41-,44-42-,49-47-,50-48-. The van der Waals surface area contributed by atoms with Gasteiger partial charge in [0, 0.05) is 12.8 Å². The van der Waals surface area contributed by atoms with E-state index in [0.29, 0.717) is 17.4 Å². The van der Waals surface area contributed by atoms with Crippen molar-refractivity contribution in [1.82, 2.24) is 0 Å². The number of esters is 2. The third kappa shape index (κ3) is 71.7. The van der Waals surface area contributed by atoms with Crippen LogP contribution in [0.4, 0.5) is 0 Å². The van der Waals surface area contributed by atoms with E-state index in [4.69, 9.17) is 18.9 Å². The zero-order valence-corrected chi connectivity index (χ0v) is 58.4. The van der Waals surface area contributed by atoms with Gasteiger partial charge in [-0.2, -0.15) is 0 Å². The predicted octanol–water partition coefficient (Wildman–Crippen LogP) is 22.8. The Labute approximate surface area is 558 Å². The number of likely N-dealkylation sites (N-methyl/N-ethyl adjacent to an activating group) is 1. The molecule has 91 heavy (non-hydrogen) atoms. The quantitative estimate of drug-likeness (QED) is 0.0211. The lowest BCUT2D eigenvalue weighted by atomic mass is 10.0. The predicted molar refractivity (Wildman–Crippen MR) is 391 cm³/mol. The van der Waals surface area contributed by atoms with E-state index in [2.05, 4.69) is 196 Å². The van der Waals surface area contributed by atoms with E-state index >= 15 is 0 Å². The van der Waals surface area contributed by atoms with Crippen LogP contribution in [0.15, 0.2) is 182 Å². The van der Waals surface area contributed by atoms with Crippen molar-refractivity contribution in [2.75, 3.05) is 47.5 Å². The summed E-state index contributed by atoms with van der Waals surface area (Å²) in [4.78, 5) is 37.7. The highest BCUT2D eigenvalue weighted by atomic mass is 16.7. The van der Waals surface area contributed by atoms with Gasteiger partial charge in [-0.05, 0) is 135 Å². The van der Waals surface area contributed by atoms with Crippen LogP contribution in [0.2, 0.25) is 0 Å². The highest BCUT2D eigenvalue weighted by Gasteiger charge is 2.25.